The van der Waals surface area contributed by atoms with Gasteiger partial charge in [-0.3, -0.25) is 0 Å². The molecule has 0 aromatic heterocycles. The van der Waals surface area contributed by atoms with Gasteiger partial charge in [-0.15, -0.1) is 24.0 Å². The molecule has 1 aliphatic carbocycles. The fourth-order valence-corrected chi connectivity index (χ4v) is 3.68. The van der Waals surface area contributed by atoms with Crippen molar-refractivity contribution in [3.63, 3.8) is 0 Å². The highest BCUT2D eigenvalue weighted by atomic mass is 127. The van der Waals surface area contributed by atoms with E-state index in [9.17, 15) is 0 Å². The average molecular weight is 522 g/mol. The van der Waals surface area contributed by atoms with Gasteiger partial charge in [0.1, 0.15) is 0 Å². The lowest BCUT2D eigenvalue weighted by atomic mass is 10.2. The van der Waals surface area contributed by atoms with E-state index in [0.717, 1.165) is 55.4 Å². The van der Waals surface area contributed by atoms with Gasteiger partial charge in [0.05, 0.1) is 19.8 Å². The number of benzene rings is 1. The first-order valence-corrected chi connectivity index (χ1v) is 11.5. The normalized spacial score (nSPS) is 14.5. The Morgan fingerprint density at radius 1 is 1.18 bits per heavy atom. The fourth-order valence-electron chi connectivity index (χ4n) is 3.19. The summed E-state index contributed by atoms with van der Waals surface area (Å²) in [5.74, 6) is 3.72. The van der Waals surface area contributed by atoms with Crippen molar-refractivity contribution in [1.29, 1.82) is 0 Å². The fraction of sp³-hybridized carbons (Fsp3) is 0.667. The molecular weight excluding hydrogens is 485 g/mol. The van der Waals surface area contributed by atoms with E-state index >= 15 is 0 Å². The van der Waals surface area contributed by atoms with Crippen LogP contribution in [0, 0.1) is 0 Å². The van der Waals surface area contributed by atoms with Crippen LogP contribution in [0.4, 0.5) is 0 Å². The van der Waals surface area contributed by atoms with Crippen LogP contribution in [-0.4, -0.2) is 44.3 Å². The van der Waals surface area contributed by atoms with Gasteiger partial charge in [0, 0.05) is 13.1 Å². The minimum absolute atomic E-state index is 0. The minimum Gasteiger partial charge on any atom is -0.493 e. The number of halogens is 1. The maximum Gasteiger partial charge on any atom is 0.191 e. The van der Waals surface area contributed by atoms with Crippen LogP contribution in [0.25, 0.3) is 0 Å². The molecule has 2 N–H and O–H groups in total. The van der Waals surface area contributed by atoms with Gasteiger partial charge in [0.2, 0.25) is 0 Å². The summed E-state index contributed by atoms with van der Waals surface area (Å²) in [7, 11) is 1.69. The molecule has 2 rings (SSSR count). The number of nitrogens with zero attached hydrogens (tertiary/aromatic N) is 1. The minimum atomic E-state index is 0. The maximum absolute atomic E-state index is 6.19. The molecule has 5 nitrogen and oxygen atoms in total. The van der Waals surface area contributed by atoms with Crippen LogP contribution < -0.4 is 20.1 Å². The summed E-state index contributed by atoms with van der Waals surface area (Å²) in [4.78, 5) is 4.72. The average Bonchev–Trinajstić information content (AvgIpc) is 3.19. The second kappa shape index (κ2) is 15.1. The number of nitrogens with one attached hydrogen (secondary N) is 2. The molecule has 0 bridgehead atoms. The number of guanidine groups is 1. The third kappa shape index (κ3) is 9.11. The molecule has 0 spiro atoms. The first-order chi connectivity index (χ1) is 13.3. The second-order valence-corrected chi connectivity index (χ2v) is 7.82. The molecule has 0 aliphatic heterocycles. The van der Waals surface area contributed by atoms with Gasteiger partial charge in [0.15, 0.2) is 17.5 Å². The molecule has 0 saturated heterocycles. The van der Waals surface area contributed by atoms with Crippen LogP contribution in [0.3, 0.4) is 0 Å². The van der Waals surface area contributed by atoms with Gasteiger partial charge in [-0.25, -0.2) is 4.99 Å². The quantitative estimate of drug-likeness (QED) is 0.189. The maximum atomic E-state index is 6.19. The molecule has 1 fully saturated rings. The van der Waals surface area contributed by atoms with Crippen LogP contribution >= 0.6 is 35.7 Å². The molecule has 28 heavy (non-hydrogen) atoms. The number of methoxy groups -OCH3 is 1. The van der Waals surface area contributed by atoms with E-state index in [0.29, 0.717) is 12.6 Å². The van der Waals surface area contributed by atoms with Gasteiger partial charge >= 0.3 is 0 Å². The number of hydrogen-bond donors (Lipinski definition) is 2. The molecule has 1 aliphatic rings. The molecule has 7 heteroatoms. The summed E-state index contributed by atoms with van der Waals surface area (Å²) >= 11 is 1.90. The van der Waals surface area contributed by atoms with Crippen molar-refractivity contribution in [2.24, 2.45) is 4.99 Å². The van der Waals surface area contributed by atoms with Crippen molar-refractivity contribution in [2.75, 3.05) is 32.2 Å². The molecule has 0 amide bonds. The molecule has 1 aromatic rings. The van der Waals surface area contributed by atoms with E-state index in [4.69, 9.17) is 14.5 Å². The van der Waals surface area contributed by atoms with Crippen LogP contribution in [0.5, 0.6) is 11.5 Å². The van der Waals surface area contributed by atoms with Gasteiger partial charge in [-0.05, 0) is 75.2 Å². The molecule has 0 heterocycles. The zero-order chi connectivity index (χ0) is 19.3. The highest BCUT2D eigenvalue weighted by Crippen LogP contribution is 2.32. The Hall–Kier alpha value is -0.830. The Bertz CT molecular complexity index is 581. The summed E-state index contributed by atoms with van der Waals surface area (Å²) in [6, 6.07) is 6.12. The molecular formula is C21H36IN3O2S. The van der Waals surface area contributed by atoms with Gasteiger partial charge in [-0.1, -0.05) is 6.07 Å². The summed E-state index contributed by atoms with van der Waals surface area (Å²) in [6.07, 6.45) is 9.64. The molecule has 1 saturated carbocycles. The van der Waals surface area contributed by atoms with Crippen molar-refractivity contribution >= 4 is 41.7 Å². The summed E-state index contributed by atoms with van der Waals surface area (Å²) < 4.78 is 11.7. The number of thioether (sulfide) groups is 1. The van der Waals surface area contributed by atoms with Crippen LogP contribution in [0.2, 0.25) is 0 Å². The van der Waals surface area contributed by atoms with E-state index < -0.39 is 0 Å². The largest absolute Gasteiger partial charge is 0.493 e. The number of unbranched alkanes of at least 4 members (excludes halogenated alkanes) is 1. The second-order valence-electron chi connectivity index (χ2n) is 6.83. The monoisotopic (exact) mass is 521 g/mol. The van der Waals surface area contributed by atoms with Crippen LogP contribution in [-0.2, 0) is 6.54 Å². The summed E-state index contributed by atoms with van der Waals surface area (Å²) in [6.45, 7) is 4.51. The topological polar surface area (TPSA) is 54.9 Å². The van der Waals surface area contributed by atoms with Crippen molar-refractivity contribution in [3.8, 4) is 11.5 Å². The van der Waals surface area contributed by atoms with Crippen molar-refractivity contribution in [1.82, 2.24) is 10.6 Å². The Labute approximate surface area is 191 Å². The predicted octanol–water partition coefficient (Wildman–Crippen LogP) is 4.83. The van der Waals surface area contributed by atoms with Gasteiger partial charge < -0.3 is 20.1 Å². The summed E-state index contributed by atoms with van der Waals surface area (Å²) in [5, 5.41) is 6.74. The van der Waals surface area contributed by atoms with E-state index in [2.05, 4.69) is 35.9 Å². The number of ether oxygens (including phenoxy) is 2. The van der Waals surface area contributed by atoms with Crippen molar-refractivity contribution in [3.05, 3.63) is 23.8 Å². The number of aliphatic imine (C=N–C) groups is 1. The number of rotatable bonds is 11. The Morgan fingerprint density at radius 3 is 2.64 bits per heavy atom. The lowest BCUT2D eigenvalue weighted by molar-refractivity contribution is 0.200. The van der Waals surface area contributed by atoms with E-state index in [1.54, 1.807) is 7.11 Å². The van der Waals surface area contributed by atoms with Crippen molar-refractivity contribution < 1.29 is 9.47 Å². The van der Waals surface area contributed by atoms with E-state index in [-0.39, 0.29) is 24.0 Å². The summed E-state index contributed by atoms with van der Waals surface area (Å²) in [5.41, 5.74) is 1.13. The Morgan fingerprint density at radius 2 is 1.96 bits per heavy atom. The first kappa shape index (κ1) is 25.2. The molecule has 0 unspecified atom stereocenters. The molecule has 0 atom stereocenters. The zero-order valence-electron chi connectivity index (χ0n) is 17.5. The predicted molar refractivity (Wildman–Crippen MR) is 132 cm³/mol. The molecule has 160 valence electrons. The molecule has 1 aromatic carbocycles. The molecule has 0 radical (unpaired) electrons. The Kier molecular flexibility index (Phi) is 13.6. The zero-order valence-corrected chi connectivity index (χ0v) is 20.6. The highest BCUT2D eigenvalue weighted by molar-refractivity contribution is 14.0. The lowest BCUT2D eigenvalue weighted by Gasteiger charge is -2.17. The van der Waals surface area contributed by atoms with Crippen LogP contribution in [0.1, 0.15) is 51.0 Å². The van der Waals surface area contributed by atoms with E-state index in [1.807, 2.05) is 17.8 Å². The van der Waals surface area contributed by atoms with Gasteiger partial charge in [0.25, 0.3) is 0 Å². The third-order valence-electron chi connectivity index (χ3n) is 4.66. The number of hydrogen-bond acceptors (Lipinski definition) is 4. The van der Waals surface area contributed by atoms with Gasteiger partial charge in [-0.2, -0.15) is 11.8 Å². The highest BCUT2D eigenvalue weighted by Gasteiger charge is 2.18. The lowest BCUT2D eigenvalue weighted by Crippen LogP contribution is -2.37. The third-order valence-corrected chi connectivity index (χ3v) is 5.35. The van der Waals surface area contributed by atoms with E-state index in [1.165, 1.54) is 25.0 Å². The standard InChI is InChI=1S/C21H35N3O2S.HI/c1-4-22-21(23-13-7-8-14-27-3)24-16-17-11-12-19(25-2)20(15-17)26-18-9-5-6-10-18;/h11-12,15,18H,4-10,13-14,16H2,1-3H3,(H2,22,23,24);1H. The first-order valence-electron chi connectivity index (χ1n) is 10.1. The smallest absolute Gasteiger partial charge is 0.191 e. The van der Waals surface area contributed by atoms with Crippen molar-refractivity contribution in [2.45, 2.75) is 58.1 Å². The Balaban J connectivity index is 0.00000392. The van der Waals surface area contributed by atoms with Crippen LogP contribution in [0.15, 0.2) is 23.2 Å². The SMILES string of the molecule is CCNC(=NCc1ccc(OC)c(OC2CCCC2)c1)NCCCCSC.I.